The first-order valence-corrected chi connectivity index (χ1v) is 8.53. The van der Waals surface area contributed by atoms with E-state index in [1.54, 1.807) is 30.6 Å². The number of allylic oxidation sites excluding steroid dienone is 1. The second kappa shape index (κ2) is 5.98. The van der Waals surface area contributed by atoms with Crippen molar-refractivity contribution < 1.29 is 13.2 Å². The number of nitrogens with one attached hydrogen (secondary N) is 1. The van der Waals surface area contributed by atoms with Crippen molar-refractivity contribution in [1.29, 1.82) is 0 Å². The number of alkyl halides is 3. The van der Waals surface area contributed by atoms with Gasteiger partial charge in [-0.1, -0.05) is 12.1 Å². The zero-order valence-corrected chi connectivity index (χ0v) is 14.3. The number of halogens is 3. The topological polar surface area (TPSA) is 66.8 Å². The summed E-state index contributed by atoms with van der Waals surface area (Å²) in [4.78, 5) is 12.5. The Labute approximate surface area is 156 Å². The van der Waals surface area contributed by atoms with E-state index in [9.17, 15) is 13.2 Å². The molecule has 1 aliphatic rings. The molecule has 0 unspecified atom stereocenters. The molecule has 0 bridgehead atoms. The van der Waals surface area contributed by atoms with E-state index in [0.717, 1.165) is 16.3 Å². The molecule has 4 heterocycles. The Bertz CT molecular complexity index is 1270. The quantitative estimate of drug-likeness (QED) is 0.555. The number of rotatable bonds is 2. The molecule has 1 aromatic carbocycles. The van der Waals surface area contributed by atoms with Gasteiger partial charge in [0.15, 0.2) is 0 Å². The van der Waals surface area contributed by atoms with Crippen LogP contribution in [0.25, 0.3) is 38.6 Å². The van der Waals surface area contributed by atoms with E-state index in [1.807, 2.05) is 18.2 Å². The lowest BCUT2D eigenvalue weighted by molar-refractivity contribution is -0.0571. The molecule has 0 aliphatic carbocycles. The number of benzene rings is 1. The fourth-order valence-electron chi connectivity index (χ4n) is 3.49. The Balaban J connectivity index is 1.82. The van der Waals surface area contributed by atoms with Gasteiger partial charge in [-0.3, -0.25) is 15.1 Å². The molecule has 0 saturated carbocycles. The first kappa shape index (κ1) is 16.6. The Morgan fingerprint density at radius 1 is 1.04 bits per heavy atom. The number of nitrogens with zero attached hydrogens (tertiary/aromatic N) is 4. The zero-order chi connectivity index (χ0) is 19.3. The molecule has 0 saturated heterocycles. The summed E-state index contributed by atoms with van der Waals surface area (Å²) in [5, 5.41) is 8.61. The van der Waals surface area contributed by atoms with Gasteiger partial charge in [-0.2, -0.15) is 18.3 Å². The van der Waals surface area contributed by atoms with Crippen molar-refractivity contribution in [3.05, 3.63) is 60.6 Å². The molecule has 0 fully saturated rings. The average molecular weight is 379 g/mol. The molecule has 0 atom stereocenters. The standard InChI is InChI=1S/C20H12F3N5/c21-20(22,23)19-11(6-8-25-19)17-9-12(14-3-1-2-7-24-14)18-13-10-26-28-15(13)4-5-16(18)27-17/h1-7,9-10H,8H2,(H,26,28). The normalized spacial score (nSPS) is 14.5. The van der Waals surface area contributed by atoms with E-state index in [-0.39, 0.29) is 17.8 Å². The van der Waals surface area contributed by atoms with Crippen LogP contribution >= 0.6 is 0 Å². The van der Waals surface area contributed by atoms with Gasteiger partial charge in [0.2, 0.25) is 0 Å². The highest BCUT2D eigenvalue weighted by molar-refractivity contribution is 6.28. The highest BCUT2D eigenvalue weighted by atomic mass is 19.4. The Morgan fingerprint density at radius 3 is 2.71 bits per heavy atom. The third kappa shape index (κ3) is 2.57. The van der Waals surface area contributed by atoms with E-state index in [2.05, 4.69) is 25.2 Å². The summed E-state index contributed by atoms with van der Waals surface area (Å²) < 4.78 is 40.1. The molecule has 28 heavy (non-hydrogen) atoms. The molecule has 4 aromatic rings. The Kier molecular flexibility index (Phi) is 3.55. The predicted octanol–water partition coefficient (Wildman–Crippen LogP) is 4.57. The van der Waals surface area contributed by atoms with Crippen LogP contribution in [-0.4, -0.2) is 38.6 Å². The van der Waals surface area contributed by atoms with Crippen molar-refractivity contribution in [2.45, 2.75) is 6.18 Å². The predicted molar refractivity (Wildman–Crippen MR) is 101 cm³/mol. The first-order chi connectivity index (χ1) is 13.5. The van der Waals surface area contributed by atoms with Crippen LogP contribution in [0.3, 0.4) is 0 Å². The third-order valence-electron chi connectivity index (χ3n) is 4.68. The van der Waals surface area contributed by atoms with Gasteiger partial charge in [-0.15, -0.1) is 0 Å². The maximum Gasteiger partial charge on any atom is 0.433 e. The summed E-state index contributed by atoms with van der Waals surface area (Å²) in [6.07, 6.45) is 0.255. The van der Waals surface area contributed by atoms with Gasteiger partial charge in [0.1, 0.15) is 5.71 Å². The number of hydrogen-bond donors (Lipinski definition) is 1. The maximum atomic E-state index is 13.4. The van der Waals surface area contributed by atoms with Crippen LogP contribution in [-0.2, 0) is 0 Å². The number of fused-ring (bicyclic) bond motifs is 3. The van der Waals surface area contributed by atoms with Crippen LogP contribution in [0.15, 0.2) is 59.9 Å². The summed E-state index contributed by atoms with van der Waals surface area (Å²) in [5.41, 5.74) is 2.06. The minimum Gasteiger partial charge on any atom is -0.278 e. The molecular weight excluding hydrogens is 367 g/mol. The highest BCUT2D eigenvalue weighted by Gasteiger charge is 2.40. The Hall–Kier alpha value is -3.55. The minimum atomic E-state index is -4.53. The van der Waals surface area contributed by atoms with E-state index < -0.39 is 11.9 Å². The molecule has 3 aromatic heterocycles. The molecule has 0 spiro atoms. The zero-order valence-electron chi connectivity index (χ0n) is 14.3. The lowest BCUT2D eigenvalue weighted by Crippen LogP contribution is -2.23. The van der Waals surface area contributed by atoms with Crippen molar-refractivity contribution >= 4 is 33.1 Å². The van der Waals surface area contributed by atoms with Gasteiger partial charge >= 0.3 is 6.18 Å². The molecule has 1 aliphatic heterocycles. The first-order valence-electron chi connectivity index (χ1n) is 8.53. The largest absolute Gasteiger partial charge is 0.433 e. The maximum absolute atomic E-state index is 13.4. The molecule has 0 radical (unpaired) electrons. The summed E-state index contributed by atoms with van der Waals surface area (Å²) in [7, 11) is 0. The highest BCUT2D eigenvalue weighted by Crippen LogP contribution is 2.37. The lowest BCUT2D eigenvalue weighted by Gasteiger charge is -2.14. The van der Waals surface area contributed by atoms with Crippen molar-refractivity contribution in [2.75, 3.05) is 6.54 Å². The van der Waals surface area contributed by atoms with Crippen molar-refractivity contribution in [3.63, 3.8) is 0 Å². The lowest BCUT2D eigenvalue weighted by atomic mass is 9.98. The SMILES string of the molecule is FC(F)(F)C1=NCC=C1c1cc(-c2ccccn2)c2c(ccc3[nH]ncc32)n1. The molecule has 1 N–H and O–H groups in total. The number of pyridine rings is 2. The molecule has 5 rings (SSSR count). The van der Waals surface area contributed by atoms with Gasteiger partial charge in [0, 0.05) is 28.1 Å². The average Bonchev–Trinajstić information content (AvgIpc) is 3.36. The van der Waals surface area contributed by atoms with Gasteiger partial charge in [-0.05, 0) is 30.3 Å². The van der Waals surface area contributed by atoms with Crippen LogP contribution in [0.5, 0.6) is 0 Å². The molecule has 5 nitrogen and oxygen atoms in total. The number of aromatic amines is 1. The molecular formula is C20H12F3N5. The van der Waals surface area contributed by atoms with E-state index in [4.69, 9.17) is 0 Å². The van der Waals surface area contributed by atoms with E-state index >= 15 is 0 Å². The van der Waals surface area contributed by atoms with Gasteiger partial charge in [0.05, 0.1) is 35.2 Å². The van der Waals surface area contributed by atoms with Crippen molar-refractivity contribution in [1.82, 2.24) is 20.2 Å². The smallest absolute Gasteiger partial charge is 0.278 e. The van der Waals surface area contributed by atoms with Crippen molar-refractivity contribution in [3.8, 4) is 11.3 Å². The summed E-state index contributed by atoms with van der Waals surface area (Å²) in [6, 6.07) is 10.7. The Morgan fingerprint density at radius 2 is 1.93 bits per heavy atom. The molecule has 138 valence electrons. The molecule has 0 amide bonds. The van der Waals surface area contributed by atoms with Crippen LogP contribution in [0.4, 0.5) is 13.2 Å². The number of aliphatic imine (C=N–C) groups is 1. The fourth-order valence-corrected chi connectivity index (χ4v) is 3.49. The van der Waals surface area contributed by atoms with Crippen molar-refractivity contribution in [2.24, 2.45) is 4.99 Å². The third-order valence-corrected chi connectivity index (χ3v) is 4.68. The minimum absolute atomic E-state index is 0.00104. The second-order valence-electron chi connectivity index (χ2n) is 6.37. The second-order valence-corrected chi connectivity index (χ2v) is 6.37. The van der Waals surface area contributed by atoms with Gasteiger partial charge in [0.25, 0.3) is 0 Å². The fraction of sp³-hybridized carbons (Fsp3) is 0.100. The van der Waals surface area contributed by atoms with E-state index in [1.165, 1.54) is 6.08 Å². The number of aromatic nitrogens is 4. The number of hydrogen-bond acceptors (Lipinski definition) is 4. The van der Waals surface area contributed by atoms with Crippen LogP contribution in [0.1, 0.15) is 5.69 Å². The van der Waals surface area contributed by atoms with Crippen LogP contribution in [0.2, 0.25) is 0 Å². The number of H-pyrrole nitrogens is 1. The summed E-state index contributed by atoms with van der Waals surface area (Å²) >= 11 is 0. The van der Waals surface area contributed by atoms with Crippen LogP contribution < -0.4 is 0 Å². The van der Waals surface area contributed by atoms with Gasteiger partial charge < -0.3 is 0 Å². The molecule has 8 heteroatoms. The summed E-state index contributed by atoms with van der Waals surface area (Å²) in [5.74, 6) is 0. The van der Waals surface area contributed by atoms with E-state index in [0.29, 0.717) is 16.8 Å². The van der Waals surface area contributed by atoms with Gasteiger partial charge in [-0.25, -0.2) is 4.98 Å². The summed E-state index contributed by atoms with van der Waals surface area (Å²) in [6.45, 7) is -0.0103. The van der Waals surface area contributed by atoms with Crippen LogP contribution in [0, 0.1) is 0 Å². The monoisotopic (exact) mass is 379 g/mol.